The number of H-pyrrole nitrogens is 1. The Balaban J connectivity index is 1.67. The lowest BCUT2D eigenvalue weighted by atomic mass is 9.88. The summed E-state index contributed by atoms with van der Waals surface area (Å²) in [5, 5.41) is 12.1. The lowest BCUT2D eigenvalue weighted by molar-refractivity contribution is 0.142. The van der Waals surface area contributed by atoms with Crippen molar-refractivity contribution in [2.45, 2.75) is 38.8 Å². The third-order valence-corrected chi connectivity index (χ3v) is 5.43. The molecule has 3 nitrogen and oxygen atoms in total. The van der Waals surface area contributed by atoms with E-state index < -0.39 is 6.10 Å². The minimum absolute atomic E-state index is 0.317. The zero-order valence-corrected chi connectivity index (χ0v) is 15.2. The molecule has 0 spiro atoms. The van der Waals surface area contributed by atoms with Gasteiger partial charge in [0.25, 0.3) is 0 Å². The quantitative estimate of drug-likeness (QED) is 0.743. The highest BCUT2D eigenvalue weighted by Gasteiger charge is 2.29. The van der Waals surface area contributed by atoms with Crippen LogP contribution in [-0.2, 0) is 6.54 Å². The Hall–Kier alpha value is -2.10. The molecule has 1 aliphatic heterocycles. The molecule has 2 unspecified atom stereocenters. The molecule has 0 aliphatic carbocycles. The van der Waals surface area contributed by atoms with E-state index in [1.54, 1.807) is 0 Å². The Morgan fingerprint density at radius 3 is 2.60 bits per heavy atom. The number of aliphatic hydroxyl groups is 1. The molecule has 4 rings (SSSR count). The second kappa shape index (κ2) is 6.32. The largest absolute Gasteiger partial charge is 0.388 e. The molecule has 0 saturated heterocycles. The number of nitrogens with one attached hydrogen (secondary N) is 1. The van der Waals surface area contributed by atoms with E-state index in [2.05, 4.69) is 61.1 Å². The van der Waals surface area contributed by atoms with Crippen molar-refractivity contribution in [2.24, 2.45) is 0 Å². The number of hydrogen-bond donors (Lipinski definition) is 2. The standard InChI is InChI=1S/C22H26N2O/c1-14-4-7-16(8-5-14)21(25)11-17-12-24(3)13-19-18-10-15(2)6-9-20(18)23-22(17)19/h4-10,17,21,23,25H,11-13H2,1-3H3. The van der Waals surface area contributed by atoms with Crippen molar-refractivity contribution in [3.63, 3.8) is 0 Å². The molecule has 0 fully saturated rings. The summed E-state index contributed by atoms with van der Waals surface area (Å²) >= 11 is 0. The van der Waals surface area contributed by atoms with Crippen molar-refractivity contribution < 1.29 is 5.11 Å². The van der Waals surface area contributed by atoms with E-state index in [0.717, 1.165) is 25.1 Å². The highest BCUT2D eigenvalue weighted by Crippen LogP contribution is 2.38. The van der Waals surface area contributed by atoms with Crippen LogP contribution < -0.4 is 0 Å². The third kappa shape index (κ3) is 3.10. The Bertz CT molecular complexity index is 894. The van der Waals surface area contributed by atoms with Gasteiger partial charge in [0.1, 0.15) is 0 Å². The fourth-order valence-electron chi connectivity index (χ4n) is 4.09. The van der Waals surface area contributed by atoms with Crippen LogP contribution in [0, 0.1) is 13.8 Å². The number of likely N-dealkylation sites (N-methyl/N-ethyl adjacent to an activating group) is 1. The van der Waals surface area contributed by atoms with Crippen molar-refractivity contribution in [3.8, 4) is 0 Å². The summed E-state index contributed by atoms with van der Waals surface area (Å²) in [6.45, 7) is 6.16. The van der Waals surface area contributed by atoms with Crippen molar-refractivity contribution in [1.29, 1.82) is 0 Å². The van der Waals surface area contributed by atoms with Crippen LogP contribution in [0.5, 0.6) is 0 Å². The Labute approximate surface area is 149 Å². The summed E-state index contributed by atoms with van der Waals surface area (Å²) in [5.74, 6) is 0.317. The van der Waals surface area contributed by atoms with Gasteiger partial charge >= 0.3 is 0 Å². The van der Waals surface area contributed by atoms with Crippen LogP contribution >= 0.6 is 0 Å². The number of aliphatic hydroxyl groups excluding tert-OH is 1. The Morgan fingerprint density at radius 2 is 1.84 bits per heavy atom. The average molecular weight is 334 g/mol. The monoisotopic (exact) mass is 334 g/mol. The van der Waals surface area contributed by atoms with Gasteiger partial charge in [0.2, 0.25) is 0 Å². The van der Waals surface area contributed by atoms with Crippen molar-refractivity contribution in [1.82, 2.24) is 9.88 Å². The predicted octanol–water partition coefficient (Wildman–Crippen LogP) is 4.44. The van der Waals surface area contributed by atoms with Gasteiger partial charge in [-0.05, 0) is 50.6 Å². The number of hydrogen-bond acceptors (Lipinski definition) is 2. The van der Waals surface area contributed by atoms with Crippen LogP contribution in [-0.4, -0.2) is 28.6 Å². The molecule has 1 aromatic heterocycles. The van der Waals surface area contributed by atoms with Crippen LogP contribution in [0.25, 0.3) is 10.9 Å². The molecule has 3 heteroatoms. The summed E-state index contributed by atoms with van der Waals surface area (Å²) in [6.07, 6.45) is 0.310. The van der Waals surface area contributed by atoms with Gasteiger partial charge in [0.15, 0.2) is 0 Å². The van der Waals surface area contributed by atoms with Gasteiger partial charge in [0.05, 0.1) is 6.10 Å². The molecule has 0 radical (unpaired) electrons. The minimum Gasteiger partial charge on any atom is -0.388 e. The zero-order valence-electron chi connectivity index (χ0n) is 15.2. The number of aryl methyl sites for hydroxylation is 2. The Morgan fingerprint density at radius 1 is 1.12 bits per heavy atom. The van der Waals surface area contributed by atoms with Crippen molar-refractivity contribution >= 4 is 10.9 Å². The topological polar surface area (TPSA) is 39.3 Å². The lowest BCUT2D eigenvalue weighted by Gasteiger charge is -2.31. The van der Waals surface area contributed by atoms with Crippen molar-refractivity contribution in [3.05, 3.63) is 70.4 Å². The molecule has 1 aliphatic rings. The van der Waals surface area contributed by atoms with Gasteiger partial charge in [-0.25, -0.2) is 0 Å². The van der Waals surface area contributed by atoms with Crippen LogP contribution in [0.3, 0.4) is 0 Å². The maximum absolute atomic E-state index is 10.8. The molecular formula is C22H26N2O. The fraction of sp³-hybridized carbons (Fsp3) is 0.364. The fourth-order valence-corrected chi connectivity index (χ4v) is 4.09. The number of benzene rings is 2. The van der Waals surface area contributed by atoms with Crippen LogP contribution in [0.1, 0.15) is 46.4 Å². The van der Waals surface area contributed by atoms with Crippen LogP contribution in [0.2, 0.25) is 0 Å². The van der Waals surface area contributed by atoms with Gasteiger partial charge < -0.3 is 15.0 Å². The van der Waals surface area contributed by atoms with Gasteiger partial charge in [0, 0.05) is 35.6 Å². The second-order valence-electron chi connectivity index (χ2n) is 7.62. The normalized spacial score (nSPS) is 19.1. The summed E-state index contributed by atoms with van der Waals surface area (Å²) in [7, 11) is 2.17. The molecule has 0 bridgehead atoms. The first-order chi connectivity index (χ1) is 12.0. The number of nitrogens with zero attached hydrogens (tertiary/aromatic N) is 1. The highest BCUT2D eigenvalue weighted by molar-refractivity contribution is 5.85. The molecule has 2 atom stereocenters. The Kier molecular flexibility index (Phi) is 4.14. The summed E-state index contributed by atoms with van der Waals surface area (Å²) in [4.78, 5) is 6.01. The van der Waals surface area contributed by atoms with E-state index in [1.807, 2.05) is 12.1 Å². The predicted molar refractivity (Wildman–Crippen MR) is 103 cm³/mol. The molecule has 0 amide bonds. The molecule has 2 heterocycles. The number of rotatable bonds is 3. The van der Waals surface area contributed by atoms with E-state index in [-0.39, 0.29) is 0 Å². The SMILES string of the molecule is Cc1ccc(C(O)CC2CN(C)Cc3c2[nH]c2ccc(C)cc32)cc1. The van der Waals surface area contributed by atoms with E-state index in [4.69, 9.17) is 0 Å². The molecule has 130 valence electrons. The van der Waals surface area contributed by atoms with Gasteiger partial charge in [-0.3, -0.25) is 0 Å². The second-order valence-corrected chi connectivity index (χ2v) is 7.62. The zero-order chi connectivity index (χ0) is 17.6. The van der Waals surface area contributed by atoms with E-state index in [9.17, 15) is 5.11 Å². The van der Waals surface area contributed by atoms with E-state index in [0.29, 0.717) is 5.92 Å². The van der Waals surface area contributed by atoms with Crippen molar-refractivity contribution in [2.75, 3.05) is 13.6 Å². The van der Waals surface area contributed by atoms with Gasteiger partial charge in [-0.2, -0.15) is 0 Å². The first kappa shape index (κ1) is 16.4. The first-order valence-corrected chi connectivity index (χ1v) is 9.05. The summed E-state index contributed by atoms with van der Waals surface area (Å²) < 4.78 is 0. The smallest absolute Gasteiger partial charge is 0.0796 e. The van der Waals surface area contributed by atoms with Gasteiger partial charge in [-0.15, -0.1) is 0 Å². The summed E-state index contributed by atoms with van der Waals surface area (Å²) in [6, 6.07) is 14.8. The summed E-state index contributed by atoms with van der Waals surface area (Å²) in [5.41, 5.74) is 7.44. The number of aromatic amines is 1. The third-order valence-electron chi connectivity index (χ3n) is 5.43. The molecule has 0 saturated carbocycles. The van der Waals surface area contributed by atoms with E-state index >= 15 is 0 Å². The maximum Gasteiger partial charge on any atom is 0.0796 e. The number of fused-ring (bicyclic) bond motifs is 3. The molecule has 3 aromatic rings. The average Bonchev–Trinajstić information content (AvgIpc) is 2.93. The number of aromatic nitrogens is 1. The first-order valence-electron chi connectivity index (χ1n) is 9.05. The maximum atomic E-state index is 10.8. The molecule has 2 N–H and O–H groups in total. The van der Waals surface area contributed by atoms with Crippen LogP contribution in [0.4, 0.5) is 0 Å². The van der Waals surface area contributed by atoms with E-state index in [1.165, 1.54) is 33.3 Å². The van der Waals surface area contributed by atoms with Crippen LogP contribution in [0.15, 0.2) is 42.5 Å². The molecular weight excluding hydrogens is 308 g/mol. The minimum atomic E-state index is -0.432. The molecule has 25 heavy (non-hydrogen) atoms. The molecule has 2 aromatic carbocycles. The lowest BCUT2D eigenvalue weighted by Crippen LogP contribution is -2.31. The van der Waals surface area contributed by atoms with Gasteiger partial charge in [-0.1, -0.05) is 41.5 Å². The highest BCUT2D eigenvalue weighted by atomic mass is 16.3.